The van der Waals surface area contributed by atoms with E-state index in [9.17, 15) is 9.18 Å². The van der Waals surface area contributed by atoms with Gasteiger partial charge in [0.15, 0.2) is 5.78 Å². The number of anilines is 1. The van der Waals surface area contributed by atoms with Crippen LogP contribution in [0.1, 0.15) is 29.3 Å². The molecular weight excluding hydrogens is 169 g/mol. The van der Waals surface area contributed by atoms with Gasteiger partial charge in [-0.1, -0.05) is 13.0 Å². The zero-order valence-corrected chi connectivity index (χ0v) is 7.73. The predicted octanol–water partition coefficient (Wildman–Crippen LogP) is 2.31. The monoisotopic (exact) mass is 181 g/mol. The second kappa shape index (κ2) is 3.56. The summed E-state index contributed by atoms with van der Waals surface area (Å²) in [5, 5.41) is 0. The smallest absolute Gasteiger partial charge is 0.165 e. The van der Waals surface area contributed by atoms with Crippen molar-refractivity contribution in [3.05, 3.63) is 29.1 Å². The molecule has 0 atom stereocenters. The minimum absolute atomic E-state index is 0.0353. The highest BCUT2D eigenvalue weighted by Gasteiger charge is 2.13. The van der Waals surface area contributed by atoms with Gasteiger partial charge in [0.2, 0.25) is 0 Å². The molecule has 0 aliphatic carbocycles. The van der Waals surface area contributed by atoms with Gasteiger partial charge in [0.25, 0.3) is 0 Å². The second-order valence-corrected chi connectivity index (χ2v) is 2.93. The molecule has 0 radical (unpaired) electrons. The van der Waals surface area contributed by atoms with Crippen molar-refractivity contribution in [1.82, 2.24) is 0 Å². The molecule has 0 bridgehead atoms. The van der Waals surface area contributed by atoms with Gasteiger partial charge in [-0.05, 0) is 18.6 Å². The number of benzene rings is 1. The molecule has 0 spiro atoms. The number of Topliss-reactive ketones (excluding diaryl/α,β-unsaturated/α-hetero) is 1. The first kappa shape index (κ1) is 9.71. The van der Waals surface area contributed by atoms with Gasteiger partial charge < -0.3 is 5.73 Å². The Hall–Kier alpha value is -1.38. The Morgan fingerprint density at radius 1 is 1.54 bits per heavy atom. The minimum atomic E-state index is -0.526. The van der Waals surface area contributed by atoms with Crippen LogP contribution in [0.3, 0.4) is 0 Å². The molecule has 0 fully saturated rings. The van der Waals surface area contributed by atoms with Crippen LogP contribution in [0.5, 0.6) is 0 Å². The second-order valence-electron chi connectivity index (χ2n) is 2.93. The fraction of sp³-hybridized carbons (Fsp3) is 0.300. The molecular formula is C10H12FNO. The molecule has 0 unspecified atom stereocenters. The first-order valence-corrected chi connectivity index (χ1v) is 4.15. The molecule has 70 valence electrons. The van der Waals surface area contributed by atoms with Crippen LogP contribution in [0.15, 0.2) is 12.1 Å². The maximum Gasteiger partial charge on any atom is 0.165 e. The van der Waals surface area contributed by atoms with Crippen molar-refractivity contribution in [2.75, 3.05) is 5.73 Å². The number of carbonyl (C=O) groups is 1. The van der Waals surface area contributed by atoms with E-state index in [2.05, 4.69) is 0 Å². The number of halogens is 1. The van der Waals surface area contributed by atoms with Crippen LogP contribution in [0.4, 0.5) is 10.1 Å². The van der Waals surface area contributed by atoms with Crippen LogP contribution < -0.4 is 5.73 Å². The van der Waals surface area contributed by atoms with Crippen LogP contribution in [-0.2, 0) is 0 Å². The van der Waals surface area contributed by atoms with Gasteiger partial charge >= 0.3 is 0 Å². The van der Waals surface area contributed by atoms with E-state index in [1.54, 1.807) is 19.9 Å². The van der Waals surface area contributed by atoms with Crippen LogP contribution in [-0.4, -0.2) is 5.78 Å². The largest absolute Gasteiger partial charge is 0.396 e. The Kier molecular flexibility index (Phi) is 2.66. The lowest BCUT2D eigenvalue weighted by Crippen LogP contribution is -2.06. The molecule has 0 aliphatic rings. The molecule has 1 aromatic rings. The topological polar surface area (TPSA) is 43.1 Å². The van der Waals surface area contributed by atoms with Crippen LogP contribution in [0, 0.1) is 12.7 Å². The molecule has 13 heavy (non-hydrogen) atoms. The summed E-state index contributed by atoms with van der Waals surface area (Å²) in [5.74, 6) is -0.642. The summed E-state index contributed by atoms with van der Waals surface area (Å²) in [7, 11) is 0. The molecule has 0 aromatic heterocycles. The maximum atomic E-state index is 13.0. The van der Waals surface area contributed by atoms with Gasteiger partial charge in [-0.3, -0.25) is 4.79 Å². The molecule has 0 heterocycles. The SMILES string of the molecule is CCC(=O)c1c(C)ccc(F)c1N. The van der Waals surface area contributed by atoms with Crippen molar-refractivity contribution in [1.29, 1.82) is 0 Å². The average molecular weight is 181 g/mol. The lowest BCUT2D eigenvalue weighted by Gasteiger charge is -2.07. The summed E-state index contributed by atoms with van der Waals surface area (Å²) >= 11 is 0. The molecule has 0 saturated carbocycles. The number of carbonyl (C=O) groups excluding carboxylic acids is 1. The molecule has 0 saturated heterocycles. The summed E-state index contributed by atoms with van der Waals surface area (Å²) in [4.78, 5) is 11.4. The van der Waals surface area contributed by atoms with Gasteiger partial charge in [-0.2, -0.15) is 0 Å². The summed E-state index contributed by atoms with van der Waals surface area (Å²) in [6.07, 6.45) is 0.342. The van der Waals surface area contributed by atoms with Gasteiger partial charge in [0.05, 0.1) is 5.69 Å². The lowest BCUT2D eigenvalue weighted by molar-refractivity contribution is 0.0988. The van der Waals surface area contributed by atoms with E-state index in [0.29, 0.717) is 12.0 Å². The Bertz CT molecular complexity index is 347. The highest BCUT2D eigenvalue weighted by Crippen LogP contribution is 2.21. The number of nitrogens with two attached hydrogens (primary N) is 1. The normalized spacial score (nSPS) is 10.1. The van der Waals surface area contributed by atoms with Crippen molar-refractivity contribution in [2.45, 2.75) is 20.3 Å². The fourth-order valence-electron chi connectivity index (χ4n) is 1.25. The van der Waals surface area contributed by atoms with Crippen LogP contribution >= 0.6 is 0 Å². The van der Waals surface area contributed by atoms with E-state index in [1.165, 1.54) is 6.07 Å². The van der Waals surface area contributed by atoms with Crippen molar-refractivity contribution in [3.63, 3.8) is 0 Å². The first-order chi connectivity index (χ1) is 6.07. The fourth-order valence-corrected chi connectivity index (χ4v) is 1.25. The summed E-state index contributed by atoms with van der Waals surface area (Å²) in [6, 6.07) is 2.84. The van der Waals surface area contributed by atoms with Crippen molar-refractivity contribution >= 4 is 11.5 Å². The van der Waals surface area contributed by atoms with E-state index in [0.717, 1.165) is 5.56 Å². The summed E-state index contributed by atoms with van der Waals surface area (Å²) in [5.41, 5.74) is 6.48. The number of aryl methyl sites for hydroxylation is 1. The molecule has 3 heteroatoms. The highest BCUT2D eigenvalue weighted by molar-refractivity contribution is 6.02. The summed E-state index contributed by atoms with van der Waals surface area (Å²) < 4.78 is 13.0. The van der Waals surface area contributed by atoms with Gasteiger partial charge in [-0.25, -0.2) is 4.39 Å². The third-order valence-electron chi connectivity index (χ3n) is 2.00. The Morgan fingerprint density at radius 3 is 2.69 bits per heavy atom. The van der Waals surface area contributed by atoms with E-state index in [4.69, 9.17) is 5.73 Å². The molecule has 1 aromatic carbocycles. The van der Waals surface area contributed by atoms with Crippen molar-refractivity contribution < 1.29 is 9.18 Å². The Labute approximate surface area is 76.6 Å². The first-order valence-electron chi connectivity index (χ1n) is 4.15. The average Bonchev–Trinajstić information content (AvgIpc) is 2.12. The number of ketones is 1. The highest BCUT2D eigenvalue weighted by atomic mass is 19.1. The number of hydrogen-bond donors (Lipinski definition) is 1. The minimum Gasteiger partial charge on any atom is -0.396 e. The zero-order chi connectivity index (χ0) is 10.0. The van der Waals surface area contributed by atoms with Crippen molar-refractivity contribution in [2.24, 2.45) is 0 Å². The quantitative estimate of drug-likeness (QED) is 0.562. The van der Waals surface area contributed by atoms with Crippen molar-refractivity contribution in [3.8, 4) is 0 Å². The lowest BCUT2D eigenvalue weighted by atomic mass is 10.0. The summed E-state index contributed by atoms with van der Waals surface area (Å²) in [6.45, 7) is 3.48. The van der Waals surface area contributed by atoms with E-state index < -0.39 is 5.82 Å². The molecule has 0 aliphatic heterocycles. The molecule has 0 amide bonds. The van der Waals surface area contributed by atoms with E-state index >= 15 is 0 Å². The molecule has 1 rings (SSSR count). The maximum absolute atomic E-state index is 13.0. The third-order valence-corrected chi connectivity index (χ3v) is 2.00. The molecule has 2 nitrogen and oxygen atoms in total. The van der Waals surface area contributed by atoms with E-state index in [1.807, 2.05) is 0 Å². The van der Waals surface area contributed by atoms with Gasteiger partial charge in [-0.15, -0.1) is 0 Å². The third kappa shape index (κ3) is 1.69. The number of rotatable bonds is 2. The van der Waals surface area contributed by atoms with Crippen LogP contribution in [0.2, 0.25) is 0 Å². The number of hydrogen-bond acceptors (Lipinski definition) is 2. The predicted molar refractivity (Wildman–Crippen MR) is 50.2 cm³/mol. The Morgan fingerprint density at radius 2 is 2.15 bits per heavy atom. The molecule has 2 N–H and O–H groups in total. The zero-order valence-electron chi connectivity index (χ0n) is 7.73. The van der Waals surface area contributed by atoms with E-state index in [-0.39, 0.29) is 11.5 Å². The number of nitrogen functional groups attached to an aromatic ring is 1. The standard InChI is InChI=1S/C10H12FNO/c1-3-8(13)9-6(2)4-5-7(11)10(9)12/h4-5H,3,12H2,1-2H3. The van der Waals surface area contributed by atoms with Gasteiger partial charge in [0.1, 0.15) is 5.82 Å². The van der Waals surface area contributed by atoms with Crippen LogP contribution in [0.25, 0.3) is 0 Å². The Balaban J connectivity index is 3.33. The van der Waals surface area contributed by atoms with Gasteiger partial charge in [0, 0.05) is 12.0 Å².